The number of carbonyl (C=O) groups is 3. The molecule has 0 atom stereocenters. The van der Waals surface area contributed by atoms with Crippen molar-refractivity contribution in [3.8, 4) is 5.75 Å². The Labute approximate surface area is 162 Å². The number of hydrogen-bond acceptors (Lipinski definition) is 5. The number of Topliss-reactive ketones (excluding diaryl/α,β-unsaturated/α-hetero) is 1. The molecule has 6 nitrogen and oxygen atoms in total. The molecule has 0 aliphatic carbocycles. The van der Waals surface area contributed by atoms with Crippen molar-refractivity contribution in [2.24, 2.45) is 0 Å². The maximum Gasteiger partial charge on any atom is 0.306 e. The van der Waals surface area contributed by atoms with E-state index in [4.69, 9.17) is 9.47 Å². The van der Waals surface area contributed by atoms with Gasteiger partial charge in [0.05, 0.1) is 6.61 Å². The van der Waals surface area contributed by atoms with Gasteiger partial charge in [-0.2, -0.15) is 0 Å². The number of benzene rings is 2. The lowest BCUT2D eigenvalue weighted by molar-refractivity contribution is -0.147. The summed E-state index contributed by atoms with van der Waals surface area (Å²) in [5, 5.41) is 2.46. The number of nitrogens with one attached hydrogen (secondary N) is 1. The Morgan fingerprint density at radius 2 is 1.79 bits per heavy atom. The zero-order valence-electron chi connectivity index (χ0n) is 15.8. The fourth-order valence-electron chi connectivity index (χ4n) is 2.28. The summed E-state index contributed by atoms with van der Waals surface area (Å²) >= 11 is 0. The Balaban J connectivity index is 1.63. The summed E-state index contributed by atoms with van der Waals surface area (Å²) in [6, 6.07) is 11.0. The fourth-order valence-corrected chi connectivity index (χ4v) is 2.28. The lowest BCUT2D eigenvalue weighted by Gasteiger charge is -2.08. The number of ketones is 1. The van der Waals surface area contributed by atoms with E-state index in [0.717, 1.165) is 0 Å². The van der Waals surface area contributed by atoms with Crippen LogP contribution in [0.1, 0.15) is 35.7 Å². The molecule has 2 aromatic rings. The van der Waals surface area contributed by atoms with E-state index < -0.39 is 24.3 Å². The highest BCUT2D eigenvalue weighted by Crippen LogP contribution is 2.14. The molecule has 28 heavy (non-hydrogen) atoms. The van der Waals surface area contributed by atoms with Gasteiger partial charge in [-0.25, -0.2) is 4.39 Å². The zero-order valence-corrected chi connectivity index (χ0v) is 15.8. The first-order valence-corrected chi connectivity index (χ1v) is 8.80. The molecule has 7 heteroatoms. The van der Waals surface area contributed by atoms with Gasteiger partial charge in [-0.15, -0.1) is 0 Å². The summed E-state index contributed by atoms with van der Waals surface area (Å²) in [7, 11) is 0. The van der Waals surface area contributed by atoms with Crippen LogP contribution in [0, 0.1) is 12.7 Å². The number of rotatable bonds is 9. The van der Waals surface area contributed by atoms with E-state index in [1.807, 2.05) is 0 Å². The van der Waals surface area contributed by atoms with Gasteiger partial charge in [-0.3, -0.25) is 14.4 Å². The zero-order chi connectivity index (χ0) is 20.5. The number of halogens is 1. The van der Waals surface area contributed by atoms with Gasteiger partial charge in [0.15, 0.2) is 12.4 Å². The molecule has 0 aliphatic heterocycles. The molecule has 0 radical (unpaired) electrons. The van der Waals surface area contributed by atoms with Crippen LogP contribution in [0.5, 0.6) is 5.75 Å². The van der Waals surface area contributed by atoms with E-state index in [1.165, 1.54) is 13.0 Å². The minimum absolute atomic E-state index is 0.0224. The third-order valence-corrected chi connectivity index (χ3v) is 3.87. The molecule has 1 amide bonds. The van der Waals surface area contributed by atoms with Crippen LogP contribution in [0.3, 0.4) is 0 Å². The van der Waals surface area contributed by atoms with E-state index in [1.54, 1.807) is 43.3 Å². The smallest absolute Gasteiger partial charge is 0.306 e. The molecule has 0 aliphatic rings. The van der Waals surface area contributed by atoms with Gasteiger partial charge in [0.2, 0.25) is 0 Å². The average Bonchev–Trinajstić information content (AvgIpc) is 2.67. The van der Waals surface area contributed by atoms with Gasteiger partial charge < -0.3 is 14.8 Å². The predicted octanol–water partition coefficient (Wildman–Crippen LogP) is 3.68. The molecule has 1 N–H and O–H groups in total. The van der Waals surface area contributed by atoms with Gasteiger partial charge in [0, 0.05) is 17.7 Å². The number of ether oxygens (including phenoxy) is 2. The first-order valence-electron chi connectivity index (χ1n) is 8.80. The molecular formula is C21H22FNO5. The highest BCUT2D eigenvalue weighted by molar-refractivity contribution is 5.94. The van der Waals surface area contributed by atoms with Crippen molar-refractivity contribution in [2.45, 2.75) is 26.7 Å². The van der Waals surface area contributed by atoms with Crippen LogP contribution in [0.25, 0.3) is 0 Å². The lowest BCUT2D eigenvalue weighted by atomic mass is 10.1. The van der Waals surface area contributed by atoms with Gasteiger partial charge in [0.25, 0.3) is 5.91 Å². The normalized spacial score (nSPS) is 10.2. The SMILES string of the molecule is CC(=O)c1ccc(OCCCC(=O)OCC(=O)Nc2ccc(C)c(F)c2)cc1. The summed E-state index contributed by atoms with van der Waals surface area (Å²) in [5.41, 5.74) is 1.37. The second-order valence-corrected chi connectivity index (χ2v) is 6.21. The molecule has 0 heterocycles. The summed E-state index contributed by atoms with van der Waals surface area (Å²) in [6.45, 7) is 2.96. The molecule has 0 saturated carbocycles. The summed E-state index contributed by atoms with van der Waals surface area (Å²) < 4.78 is 23.8. The first-order chi connectivity index (χ1) is 13.3. The maximum absolute atomic E-state index is 13.4. The molecule has 2 aromatic carbocycles. The van der Waals surface area contributed by atoms with Crippen molar-refractivity contribution in [2.75, 3.05) is 18.5 Å². The lowest BCUT2D eigenvalue weighted by Crippen LogP contribution is -2.21. The van der Waals surface area contributed by atoms with Crippen LogP contribution in [-0.2, 0) is 14.3 Å². The minimum Gasteiger partial charge on any atom is -0.494 e. The van der Waals surface area contributed by atoms with Crippen LogP contribution in [0.2, 0.25) is 0 Å². The van der Waals surface area contributed by atoms with E-state index in [2.05, 4.69) is 5.32 Å². The number of esters is 1. The molecule has 0 fully saturated rings. The van der Waals surface area contributed by atoms with Crippen LogP contribution in [0.4, 0.5) is 10.1 Å². The quantitative estimate of drug-likeness (QED) is 0.403. The van der Waals surface area contributed by atoms with Crippen LogP contribution in [-0.4, -0.2) is 30.9 Å². The van der Waals surface area contributed by atoms with Crippen molar-refractivity contribution in [3.63, 3.8) is 0 Å². The number of anilines is 1. The second-order valence-electron chi connectivity index (χ2n) is 6.21. The summed E-state index contributed by atoms with van der Waals surface area (Å²) in [6.07, 6.45) is 0.510. The van der Waals surface area contributed by atoms with Crippen molar-refractivity contribution in [1.29, 1.82) is 0 Å². The Bertz CT molecular complexity index is 848. The number of aryl methyl sites for hydroxylation is 1. The third kappa shape index (κ3) is 6.83. The predicted molar refractivity (Wildman–Crippen MR) is 102 cm³/mol. The average molecular weight is 387 g/mol. The van der Waals surface area contributed by atoms with Crippen LogP contribution in [0.15, 0.2) is 42.5 Å². The maximum atomic E-state index is 13.4. The van der Waals surface area contributed by atoms with Crippen molar-refractivity contribution >= 4 is 23.3 Å². The standard InChI is InChI=1S/C21H22FNO5/c1-14-5-8-17(12-19(14)22)23-20(25)13-28-21(26)4-3-11-27-18-9-6-16(7-10-18)15(2)24/h5-10,12H,3-4,11,13H2,1-2H3,(H,23,25). The monoisotopic (exact) mass is 387 g/mol. The Morgan fingerprint density at radius 1 is 1.07 bits per heavy atom. The number of amides is 1. The molecule has 148 valence electrons. The largest absolute Gasteiger partial charge is 0.494 e. The van der Waals surface area contributed by atoms with Crippen LogP contribution < -0.4 is 10.1 Å². The highest BCUT2D eigenvalue weighted by atomic mass is 19.1. The number of hydrogen-bond donors (Lipinski definition) is 1. The Morgan fingerprint density at radius 3 is 2.43 bits per heavy atom. The molecule has 0 aromatic heterocycles. The van der Waals surface area contributed by atoms with Crippen molar-refractivity contribution in [1.82, 2.24) is 0 Å². The molecule has 0 bridgehead atoms. The highest BCUT2D eigenvalue weighted by Gasteiger charge is 2.09. The van der Waals surface area contributed by atoms with E-state index >= 15 is 0 Å². The molecule has 2 rings (SSSR count). The van der Waals surface area contributed by atoms with Crippen LogP contribution >= 0.6 is 0 Å². The van der Waals surface area contributed by atoms with Crippen molar-refractivity contribution < 1.29 is 28.2 Å². The van der Waals surface area contributed by atoms with E-state index in [9.17, 15) is 18.8 Å². The second kappa shape index (κ2) is 10.2. The van der Waals surface area contributed by atoms with E-state index in [0.29, 0.717) is 35.6 Å². The Hall–Kier alpha value is -3.22. The number of carbonyl (C=O) groups excluding carboxylic acids is 3. The van der Waals surface area contributed by atoms with Gasteiger partial charge in [-0.1, -0.05) is 6.07 Å². The van der Waals surface area contributed by atoms with Gasteiger partial charge in [-0.05, 0) is 62.2 Å². The van der Waals surface area contributed by atoms with Crippen molar-refractivity contribution in [3.05, 3.63) is 59.4 Å². The topological polar surface area (TPSA) is 81.7 Å². The Kier molecular flexibility index (Phi) is 7.68. The summed E-state index contributed by atoms with van der Waals surface area (Å²) in [4.78, 5) is 34.6. The fraction of sp³-hybridized carbons (Fsp3) is 0.286. The first kappa shape index (κ1) is 21.1. The molecule has 0 saturated heterocycles. The van der Waals surface area contributed by atoms with Gasteiger partial charge in [0.1, 0.15) is 11.6 Å². The minimum atomic E-state index is -0.543. The van der Waals surface area contributed by atoms with Gasteiger partial charge >= 0.3 is 5.97 Å². The molecule has 0 spiro atoms. The molecular weight excluding hydrogens is 365 g/mol. The third-order valence-electron chi connectivity index (χ3n) is 3.87. The molecule has 0 unspecified atom stereocenters. The summed E-state index contributed by atoms with van der Waals surface area (Å²) in [5.74, 6) is -0.918. The van der Waals surface area contributed by atoms with E-state index in [-0.39, 0.29) is 12.2 Å².